The molecule has 0 aromatic heterocycles. The van der Waals surface area contributed by atoms with Gasteiger partial charge in [0.05, 0.1) is 19.4 Å². The first-order valence-corrected chi connectivity index (χ1v) is 6.27. The Hall–Kier alpha value is -2.00. The third-order valence-corrected chi connectivity index (χ3v) is 3.05. The van der Waals surface area contributed by atoms with Crippen molar-refractivity contribution < 1.29 is 9.57 Å². The van der Waals surface area contributed by atoms with E-state index in [1.54, 1.807) is 7.11 Å². The maximum absolute atomic E-state index is 5.55. The number of hydrogen-bond donors (Lipinski definition) is 1. The molecular weight excluding hydrogens is 238 g/mol. The molecule has 0 saturated carbocycles. The molecule has 3 nitrogen and oxygen atoms in total. The van der Waals surface area contributed by atoms with Crippen LogP contribution in [0.3, 0.4) is 0 Å². The minimum atomic E-state index is 0.512. The third kappa shape index (κ3) is 3.48. The van der Waals surface area contributed by atoms with Gasteiger partial charge in [-0.15, -0.1) is 0 Å². The summed E-state index contributed by atoms with van der Waals surface area (Å²) in [7, 11) is 1.66. The van der Waals surface area contributed by atoms with Crippen LogP contribution in [0.15, 0.2) is 42.5 Å². The molecule has 1 N–H and O–H groups in total. The van der Waals surface area contributed by atoms with Crippen molar-refractivity contribution in [1.82, 2.24) is 0 Å². The van der Waals surface area contributed by atoms with Crippen molar-refractivity contribution in [2.45, 2.75) is 20.5 Å². The number of para-hydroxylation sites is 1. The molecule has 0 radical (unpaired) electrons. The van der Waals surface area contributed by atoms with E-state index >= 15 is 0 Å². The molecule has 0 saturated heterocycles. The first-order chi connectivity index (χ1) is 9.20. The lowest BCUT2D eigenvalue weighted by Gasteiger charge is -2.12. The molecule has 2 aromatic rings. The average Bonchev–Trinajstić information content (AvgIpc) is 2.43. The van der Waals surface area contributed by atoms with Gasteiger partial charge in [0.15, 0.2) is 0 Å². The Morgan fingerprint density at radius 2 is 1.58 bits per heavy atom. The quantitative estimate of drug-likeness (QED) is 0.825. The SMILES string of the molecule is COc1ccc(CONc2c(C)cccc2C)cc1. The fraction of sp³-hybridized carbons (Fsp3) is 0.250. The van der Waals surface area contributed by atoms with Crippen molar-refractivity contribution in [1.29, 1.82) is 0 Å². The molecular formula is C16H19NO2. The van der Waals surface area contributed by atoms with Crippen LogP contribution in [0.25, 0.3) is 0 Å². The van der Waals surface area contributed by atoms with E-state index in [0.29, 0.717) is 6.61 Å². The summed E-state index contributed by atoms with van der Waals surface area (Å²) >= 11 is 0. The second-order valence-corrected chi connectivity index (χ2v) is 4.51. The lowest BCUT2D eigenvalue weighted by atomic mass is 10.1. The highest BCUT2D eigenvalue weighted by molar-refractivity contribution is 5.55. The maximum Gasteiger partial charge on any atom is 0.118 e. The Kier molecular flexibility index (Phi) is 4.42. The van der Waals surface area contributed by atoms with Crippen LogP contribution in [0.2, 0.25) is 0 Å². The summed E-state index contributed by atoms with van der Waals surface area (Å²) in [5.74, 6) is 0.853. The molecule has 0 aliphatic heterocycles. The van der Waals surface area contributed by atoms with Gasteiger partial charge in [-0.2, -0.15) is 0 Å². The molecule has 0 fully saturated rings. The summed E-state index contributed by atoms with van der Waals surface area (Å²) in [6.07, 6.45) is 0. The molecule has 2 rings (SSSR count). The fourth-order valence-electron chi connectivity index (χ4n) is 1.89. The fourth-order valence-corrected chi connectivity index (χ4v) is 1.89. The molecule has 3 heteroatoms. The number of aryl methyl sites for hydroxylation is 2. The van der Waals surface area contributed by atoms with E-state index < -0.39 is 0 Å². The summed E-state index contributed by atoms with van der Waals surface area (Å²) in [5.41, 5.74) is 7.51. The van der Waals surface area contributed by atoms with E-state index in [4.69, 9.17) is 9.57 Å². The minimum Gasteiger partial charge on any atom is -0.497 e. The van der Waals surface area contributed by atoms with Crippen molar-refractivity contribution in [3.05, 3.63) is 59.2 Å². The summed E-state index contributed by atoms with van der Waals surface area (Å²) in [5, 5.41) is 0. The number of nitrogens with one attached hydrogen (secondary N) is 1. The summed E-state index contributed by atoms with van der Waals surface area (Å²) in [4.78, 5) is 5.55. The van der Waals surface area contributed by atoms with Crippen LogP contribution in [-0.2, 0) is 11.4 Å². The molecule has 0 atom stereocenters. The second kappa shape index (κ2) is 6.25. The monoisotopic (exact) mass is 257 g/mol. The normalized spacial score (nSPS) is 10.3. The lowest BCUT2D eigenvalue weighted by Crippen LogP contribution is -2.04. The van der Waals surface area contributed by atoms with Gasteiger partial charge in [-0.25, -0.2) is 0 Å². The van der Waals surface area contributed by atoms with Gasteiger partial charge >= 0.3 is 0 Å². The van der Waals surface area contributed by atoms with Gasteiger partial charge in [0.1, 0.15) is 5.75 Å². The summed E-state index contributed by atoms with van der Waals surface area (Å²) in [6.45, 7) is 4.63. The highest BCUT2D eigenvalue weighted by atomic mass is 16.6. The van der Waals surface area contributed by atoms with Crippen LogP contribution in [0.4, 0.5) is 5.69 Å². The number of rotatable bonds is 5. The van der Waals surface area contributed by atoms with Gasteiger partial charge in [-0.3, -0.25) is 10.3 Å². The first kappa shape index (κ1) is 13.4. The highest BCUT2D eigenvalue weighted by Gasteiger charge is 2.01. The van der Waals surface area contributed by atoms with E-state index in [1.807, 2.05) is 30.3 Å². The first-order valence-electron chi connectivity index (χ1n) is 6.27. The highest BCUT2D eigenvalue weighted by Crippen LogP contribution is 2.20. The molecule has 0 amide bonds. The molecule has 0 spiro atoms. The van der Waals surface area contributed by atoms with E-state index in [-0.39, 0.29) is 0 Å². The molecule has 100 valence electrons. The molecule has 0 aliphatic rings. The van der Waals surface area contributed by atoms with Gasteiger partial charge in [0.2, 0.25) is 0 Å². The van der Waals surface area contributed by atoms with Gasteiger partial charge in [0.25, 0.3) is 0 Å². The van der Waals surface area contributed by atoms with Crippen LogP contribution < -0.4 is 10.2 Å². The van der Waals surface area contributed by atoms with Crippen LogP contribution in [-0.4, -0.2) is 7.11 Å². The van der Waals surface area contributed by atoms with Crippen molar-refractivity contribution >= 4 is 5.69 Å². The Bertz CT molecular complexity index is 515. The van der Waals surface area contributed by atoms with Crippen LogP contribution >= 0.6 is 0 Å². The summed E-state index contributed by atoms with van der Waals surface area (Å²) in [6, 6.07) is 14.0. The van der Waals surface area contributed by atoms with Crippen LogP contribution in [0.5, 0.6) is 5.75 Å². The van der Waals surface area contributed by atoms with E-state index in [1.165, 1.54) is 11.1 Å². The van der Waals surface area contributed by atoms with Crippen molar-refractivity contribution in [3.8, 4) is 5.75 Å². The zero-order valence-electron chi connectivity index (χ0n) is 11.6. The number of hydrogen-bond acceptors (Lipinski definition) is 3. The van der Waals surface area contributed by atoms with E-state index in [9.17, 15) is 0 Å². The predicted octanol–water partition coefficient (Wildman–Crippen LogP) is 3.86. The Labute approximate surface area is 114 Å². The largest absolute Gasteiger partial charge is 0.497 e. The topological polar surface area (TPSA) is 30.5 Å². The Morgan fingerprint density at radius 3 is 2.16 bits per heavy atom. The molecule has 0 heterocycles. The molecule has 0 aliphatic carbocycles. The number of ether oxygens (including phenoxy) is 1. The van der Waals surface area contributed by atoms with Crippen molar-refractivity contribution in [2.75, 3.05) is 12.6 Å². The van der Waals surface area contributed by atoms with Crippen LogP contribution in [0, 0.1) is 13.8 Å². The van der Waals surface area contributed by atoms with Crippen molar-refractivity contribution in [2.24, 2.45) is 0 Å². The molecule has 19 heavy (non-hydrogen) atoms. The Morgan fingerprint density at radius 1 is 0.947 bits per heavy atom. The van der Waals surface area contributed by atoms with Crippen LogP contribution in [0.1, 0.15) is 16.7 Å². The maximum atomic E-state index is 5.55. The third-order valence-electron chi connectivity index (χ3n) is 3.05. The minimum absolute atomic E-state index is 0.512. The molecule has 0 unspecified atom stereocenters. The smallest absolute Gasteiger partial charge is 0.118 e. The lowest BCUT2D eigenvalue weighted by molar-refractivity contribution is 0.180. The van der Waals surface area contributed by atoms with E-state index in [2.05, 4.69) is 31.5 Å². The van der Waals surface area contributed by atoms with Gasteiger partial charge in [-0.05, 0) is 42.7 Å². The standard InChI is InChI=1S/C16H19NO2/c1-12-5-4-6-13(2)16(12)17-19-11-14-7-9-15(18-3)10-8-14/h4-10,17H,11H2,1-3H3. The number of methoxy groups -OCH3 is 1. The van der Waals surface area contributed by atoms with Gasteiger partial charge < -0.3 is 4.74 Å². The zero-order chi connectivity index (χ0) is 13.7. The second-order valence-electron chi connectivity index (χ2n) is 4.51. The summed E-state index contributed by atoms with van der Waals surface area (Å²) < 4.78 is 5.12. The van der Waals surface area contributed by atoms with E-state index in [0.717, 1.165) is 17.0 Å². The average molecular weight is 257 g/mol. The number of benzene rings is 2. The Balaban J connectivity index is 1.92. The van der Waals surface area contributed by atoms with Gasteiger partial charge in [-0.1, -0.05) is 30.3 Å². The van der Waals surface area contributed by atoms with Gasteiger partial charge in [0, 0.05) is 0 Å². The molecule has 0 bridgehead atoms. The van der Waals surface area contributed by atoms with Crippen molar-refractivity contribution in [3.63, 3.8) is 0 Å². The zero-order valence-corrected chi connectivity index (χ0v) is 11.6. The predicted molar refractivity (Wildman–Crippen MR) is 77.3 cm³/mol. The molecule has 2 aromatic carbocycles. The number of anilines is 1.